The highest BCUT2D eigenvalue weighted by Crippen LogP contribution is 2.23. The number of thiazole rings is 1. The second kappa shape index (κ2) is 6.85. The van der Waals surface area contributed by atoms with Gasteiger partial charge in [0.25, 0.3) is 5.91 Å². The molecule has 0 aliphatic heterocycles. The Balaban J connectivity index is 1.73. The van der Waals surface area contributed by atoms with Gasteiger partial charge in [0.2, 0.25) is 0 Å². The number of nitrogens with zero attached hydrogens (tertiary/aromatic N) is 2. The molecule has 1 N–H and O–H groups in total. The molecular weight excluding hydrogens is 362 g/mol. The molecule has 25 heavy (non-hydrogen) atoms. The molecule has 6 nitrogen and oxygen atoms in total. The van der Waals surface area contributed by atoms with Crippen LogP contribution in [0.3, 0.4) is 0 Å². The van der Waals surface area contributed by atoms with Gasteiger partial charge in [0.15, 0.2) is 21.9 Å². The number of ether oxygens (including phenoxy) is 1. The van der Waals surface area contributed by atoms with Crippen molar-refractivity contribution >= 4 is 45.5 Å². The van der Waals surface area contributed by atoms with Crippen LogP contribution < -0.4 is 5.32 Å². The standard InChI is InChI=1S/C17H16ClN3O3S/c1-9-4-5-10(2)12(8-9)19-15(22)11(3)24-16(23)13-14(18)20-17-21(13)6-7-25-17/h4-8,11H,1-3H3,(H,19,22)/t11-/m1/s1. The third-order valence-electron chi connectivity index (χ3n) is 3.72. The van der Waals surface area contributed by atoms with Gasteiger partial charge in [-0.25, -0.2) is 9.78 Å². The Morgan fingerprint density at radius 3 is 2.88 bits per heavy atom. The van der Waals surface area contributed by atoms with E-state index >= 15 is 0 Å². The largest absolute Gasteiger partial charge is 0.448 e. The average molecular weight is 378 g/mol. The summed E-state index contributed by atoms with van der Waals surface area (Å²) in [6.07, 6.45) is 0.698. The second-order valence-corrected chi connectivity index (χ2v) is 6.89. The van der Waals surface area contributed by atoms with Crippen LogP contribution in [0.1, 0.15) is 28.5 Å². The molecule has 130 valence electrons. The SMILES string of the molecule is Cc1ccc(C)c(NC(=O)[C@@H](C)OC(=O)c2c(Cl)nc3sccn23)c1. The first-order valence-electron chi connectivity index (χ1n) is 7.57. The molecule has 1 atom stereocenters. The van der Waals surface area contributed by atoms with Crippen LogP contribution in [0.25, 0.3) is 4.96 Å². The molecule has 0 radical (unpaired) electrons. The van der Waals surface area contributed by atoms with Crippen molar-refractivity contribution in [2.45, 2.75) is 26.9 Å². The Bertz CT molecular complexity index is 963. The number of rotatable bonds is 4. The highest BCUT2D eigenvalue weighted by atomic mass is 35.5. The van der Waals surface area contributed by atoms with Crippen LogP contribution in [0.4, 0.5) is 5.69 Å². The Labute approximate surface area is 153 Å². The van der Waals surface area contributed by atoms with Crippen molar-refractivity contribution in [1.82, 2.24) is 9.38 Å². The minimum absolute atomic E-state index is 0.0546. The van der Waals surface area contributed by atoms with Gasteiger partial charge in [-0.05, 0) is 38.0 Å². The van der Waals surface area contributed by atoms with E-state index in [1.807, 2.05) is 32.0 Å². The normalized spacial score (nSPS) is 12.2. The van der Waals surface area contributed by atoms with Crippen molar-refractivity contribution in [2.24, 2.45) is 0 Å². The molecule has 1 aromatic carbocycles. The van der Waals surface area contributed by atoms with Crippen LogP contribution in [0.5, 0.6) is 0 Å². The first-order chi connectivity index (χ1) is 11.9. The molecule has 0 saturated heterocycles. The van der Waals surface area contributed by atoms with E-state index in [2.05, 4.69) is 10.3 Å². The van der Waals surface area contributed by atoms with E-state index in [9.17, 15) is 9.59 Å². The summed E-state index contributed by atoms with van der Waals surface area (Å²) in [5.41, 5.74) is 2.76. The molecule has 2 aromatic heterocycles. The smallest absolute Gasteiger partial charge is 0.359 e. The van der Waals surface area contributed by atoms with Crippen LogP contribution in [0.2, 0.25) is 5.15 Å². The summed E-state index contributed by atoms with van der Waals surface area (Å²) in [4.78, 5) is 29.4. The van der Waals surface area contributed by atoms with Gasteiger partial charge in [-0.1, -0.05) is 23.7 Å². The molecule has 0 unspecified atom stereocenters. The lowest BCUT2D eigenvalue weighted by Crippen LogP contribution is -2.30. The Morgan fingerprint density at radius 1 is 1.36 bits per heavy atom. The fraction of sp³-hybridized carbons (Fsp3) is 0.235. The number of halogens is 1. The summed E-state index contributed by atoms with van der Waals surface area (Å²) in [6.45, 7) is 5.34. The molecule has 3 aromatic rings. The minimum Gasteiger partial charge on any atom is -0.448 e. The monoisotopic (exact) mass is 377 g/mol. The number of aryl methyl sites for hydroxylation is 2. The maximum Gasteiger partial charge on any atom is 0.359 e. The predicted octanol–water partition coefficient (Wildman–Crippen LogP) is 3.85. The van der Waals surface area contributed by atoms with Gasteiger partial charge in [-0.3, -0.25) is 9.20 Å². The molecule has 8 heteroatoms. The highest BCUT2D eigenvalue weighted by molar-refractivity contribution is 7.15. The van der Waals surface area contributed by atoms with Crippen molar-refractivity contribution in [3.8, 4) is 0 Å². The minimum atomic E-state index is -0.979. The fourth-order valence-electron chi connectivity index (χ4n) is 2.32. The quantitative estimate of drug-likeness (QED) is 0.701. The summed E-state index contributed by atoms with van der Waals surface area (Å²) < 4.78 is 6.81. The molecule has 0 aliphatic carbocycles. The molecule has 0 fully saturated rings. The molecule has 0 aliphatic rings. The maximum atomic E-state index is 12.4. The van der Waals surface area contributed by atoms with E-state index in [-0.39, 0.29) is 10.8 Å². The van der Waals surface area contributed by atoms with E-state index in [4.69, 9.17) is 16.3 Å². The summed E-state index contributed by atoms with van der Waals surface area (Å²) in [5.74, 6) is -1.11. The summed E-state index contributed by atoms with van der Waals surface area (Å²) in [5, 5.41) is 4.62. The van der Waals surface area contributed by atoms with Crippen molar-refractivity contribution in [1.29, 1.82) is 0 Å². The molecule has 2 heterocycles. The van der Waals surface area contributed by atoms with Crippen LogP contribution in [0.15, 0.2) is 29.8 Å². The van der Waals surface area contributed by atoms with E-state index in [0.29, 0.717) is 10.6 Å². The van der Waals surface area contributed by atoms with Crippen molar-refractivity contribution in [2.75, 3.05) is 5.32 Å². The van der Waals surface area contributed by atoms with Gasteiger partial charge >= 0.3 is 5.97 Å². The number of carbonyl (C=O) groups is 2. The zero-order chi connectivity index (χ0) is 18.1. The number of esters is 1. The first-order valence-corrected chi connectivity index (χ1v) is 8.82. The third-order valence-corrected chi connectivity index (χ3v) is 4.74. The molecule has 1 amide bonds. The predicted molar refractivity (Wildman–Crippen MR) is 97.5 cm³/mol. The Kier molecular flexibility index (Phi) is 4.78. The lowest BCUT2D eigenvalue weighted by Gasteiger charge is -2.15. The number of hydrogen-bond donors (Lipinski definition) is 1. The van der Waals surface area contributed by atoms with Crippen LogP contribution in [-0.4, -0.2) is 27.4 Å². The topological polar surface area (TPSA) is 72.7 Å². The molecule has 0 spiro atoms. The lowest BCUT2D eigenvalue weighted by molar-refractivity contribution is -0.123. The number of imidazole rings is 1. The number of fused-ring (bicyclic) bond motifs is 1. The number of benzene rings is 1. The van der Waals surface area contributed by atoms with Gasteiger partial charge in [0.1, 0.15) is 0 Å². The van der Waals surface area contributed by atoms with Crippen LogP contribution in [-0.2, 0) is 9.53 Å². The highest BCUT2D eigenvalue weighted by Gasteiger charge is 2.25. The van der Waals surface area contributed by atoms with Gasteiger partial charge in [0.05, 0.1) is 0 Å². The van der Waals surface area contributed by atoms with E-state index in [1.54, 1.807) is 16.0 Å². The van der Waals surface area contributed by atoms with Crippen LogP contribution >= 0.6 is 22.9 Å². The summed E-state index contributed by atoms with van der Waals surface area (Å²) >= 11 is 7.36. The Morgan fingerprint density at radius 2 is 2.12 bits per heavy atom. The summed E-state index contributed by atoms with van der Waals surface area (Å²) in [7, 11) is 0. The number of nitrogens with one attached hydrogen (secondary N) is 1. The van der Waals surface area contributed by atoms with Crippen molar-refractivity contribution in [3.05, 3.63) is 51.7 Å². The molecular formula is C17H16ClN3O3S. The molecule has 3 rings (SSSR count). The van der Waals surface area contributed by atoms with Gasteiger partial charge < -0.3 is 10.1 Å². The average Bonchev–Trinajstić information content (AvgIpc) is 3.10. The van der Waals surface area contributed by atoms with E-state index in [0.717, 1.165) is 11.1 Å². The second-order valence-electron chi connectivity index (χ2n) is 5.66. The number of hydrogen-bond acceptors (Lipinski definition) is 5. The lowest BCUT2D eigenvalue weighted by atomic mass is 10.1. The van der Waals surface area contributed by atoms with E-state index in [1.165, 1.54) is 18.3 Å². The number of anilines is 1. The summed E-state index contributed by atoms with van der Waals surface area (Å²) in [6, 6.07) is 5.74. The van der Waals surface area contributed by atoms with Gasteiger partial charge in [0, 0.05) is 17.3 Å². The number of carbonyl (C=O) groups excluding carboxylic acids is 2. The van der Waals surface area contributed by atoms with E-state index < -0.39 is 18.0 Å². The third kappa shape index (κ3) is 3.52. The van der Waals surface area contributed by atoms with Crippen molar-refractivity contribution < 1.29 is 14.3 Å². The number of amides is 1. The van der Waals surface area contributed by atoms with Crippen LogP contribution in [0, 0.1) is 13.8 Å². The molecule has 0 bridgehead atoms. The number of aromatic nitrogens is 2. The van der Waals surface area contributed by atoms with Gasteiger partial charge in [-0.2, -0.15) is 0 Å². The first kappa shape index (κ1) is 17.4. The zero-order valence-electron chi connectivity index (χ0n) is 13.9. The maximum absolute atomic E-state index is 12.4. The fourth-order valence-corrected chi connectivity index (χ4v) is 3.33. The molecule has 0 saturated carbocycles. The zero-order valence-corrected chi connectivity index (χ0v) is 15.4. The van der Waals surface area contributed by atoms with Crippen molar-refractivity contribution in [3.63, 3.8) is 0 Å². The Hall–Kier alpha value is -2.38. The van der Waals surface area contributed by atoms with Gasteiger partial charge in [-0.15, -0.1) is 11.3 Å².